The van der Waals surface area contributed by atoms with Gasteiger partial charge in [0.25, 0.3) is 0 Å². The lowest BCUT2D eigenvalue weighted by atomic mass is 10.1. The molecule has 0 radical (unpaired) electrons. The summed E-state index contributed by atoms with van der Waals surface area (Å²) in [5.41, 5.74) is 0.963. The van der Waals surface area contributed by atoms with Crippen molar-refractivity contribution in [2.75, 3.05) is 46.5 Å². The average Bonchev–Trinajstić information content (AvgIpc) is 2.72. The summed E-state index contributed by atoms with van der Waals surface area (Å²) < 4.78 is 10.5. The lowest BCUT2D eigenvalue weighted by Crippen LogP contribution is -2.49. The molecule has 1 N–H and O–H groups in total. The van der Waals surface area contributed by atoms with E-state index < -0.39 is 6.04 Å². The summed E-state index contributed by atoms with van der Waals surface area (Å²) in [5.74, 6) is 0.598. The first kappa shape index (κ1) is 21.2. The monoisotopic (exact) mass is 377 g/mol. The fraction of sp³-hybridized carbons (Fsp3) is 0.600. The van der Waals surface area contributed by atoms with E-state index in [0.717, 1.165) is 44.2 Å². The normalized spacial score (nSPS) is 15.8. The number of carbonyl (C=O) groups is 2. The van der Waals surface area contributed by atoms with Crippen molar-refractivity contribution < 1.29 is 19.1 Å². The second-order valence-electron chi connectivity index (χ2n) is 6.64. The molecule has 1 atom stereocenters. The molecule has 2 rings (SSSR count). The highest BCUT2D eigenvalue weighted by molar-refractivity contribution is 5.87. The Kier molecular flexibility index (Phi) is 8.54. The van der Waals surface area contributed by atoms with Crippen LogP contribution in [0.3, 0.4) is 0 Å². The van der Waals surface area contributed by atoms with Gasteiger partial charge in [0.05, 0.1) is 20.3 Å². The highest BCUT2D eigenvalue weighted by atomic mass is 16.5. The lowest BCUT2D eigenvalue weighted by molar-refractivity contribution is -0.140. The number of hydrogen-bond donors (Lipinski definition) is 1. The second kappa shape index (κ2) is 10.9. The topological polar surface area (TPSA) is 71.1 Å². The lowest BCUT2D eigenvalue weighted by Gasteiger charge is -2.29. The highest BCUT2D eigenvalue weighted by Gasteiger charge is 2.25. The number of benzene rings is 1. The summed E-state index contributed by atoms with van der Waals surface area (Å²) in [6.45, 7) is 8.62. The summed E-state index contributed by atoms with van der Waals surface area (Å²) >= 11 is 0. The molecule has 1 saturated heterocycles. The molecule has 1 aliphatic rings. The predicted octanol–water partition coefficient (Wildman–Crippen LogP) is 1.27. The van der Waals surface area contributed by atoms with E-state index in [1.165, 1.54) is 0 Å². The van der Waals surface area contributed by atoms with Gasteiger partial charge in [-0.15, -0.1) is 0 Å². The van der Waals surface area contributed by atoms with Crippen molar-refractivity contribution in [3.05, 3.63) is 29.8 Å². The van der Waals surface area contributed by atoms with Crippen LogP contribution in [0, 0.1) is 0 Å². The van der Waals surface area contributed by atoms with E-state index in [0.29, 0.717) is 19.5 Å². The van der Waals surface area contributed by atoms with Crippen LogP contribution in [0.4, 0.5) is 0 Å². The third kappa shape index (κ3) is 6.52. The van der Waals surface area contributed by atoms with Crippen LogP contribution in [0.1, 0.15) is 25.8 Å². The molecule has 0 saturated carbocycles. The fourth-order valence-electron chi connectivity index (χ4n) is 3.02. The van der Waals surface area contributed by atoms with Crippen molar-refractivity contribution in [2.45, 2.75) is 32.9 Å². The van der Waals surface area contributed by atoms with E-state index >= 15 is 0 Å². The van der Waals surface area contributed by atoms with Gasteiger partial charge in [-0.2, -0.15) is 0 Å². The van der Waals surface area contributed by atoms with Crippen molar-refractivity contribution in [3.8, 4) is 5.75 Å². The molecule has 7 heteroatoms. The van der Waals surface area contributed by atoms with Crippen molar-refractivity contribution in [3.63, 3.8) is 0 Å². The van der Waals surface area contributed by atoms with Gasteiger partial charge >= 0.3 is 0 Å². The summed E-state index contributed by atoms with van der Waals surface area (Å²) in [5, 5.41) is 2.96. The van der Waals surface area contributed by atoms with Gasteiger partial charge in [0, 0.05) is 39.1 Å². The number of nitrogens with zero attached hydrogens (tertiary/aromatic N) is 2. The van der Waals surface area contributed by atoms with Crippen LogP contribution in [0.2, 0.25) is 0 Å². The molecule has 0 bridgehead atoms. The number of amides is 2. The quantitative estimate of drug-likeness (QED) is 0.702. The summed E-state index contributed by atoms with van der Waals surface area (Å²) in [6, 6.07) is 7.02. The van der Waals surface area contributed by atoms with E-state index in [4.69, 9.17) is 9.47 Å². The Morgan fingerprint density at radius 2 is 1.93 bits per heavy atom. The SMILES string of the molecule is CCC(=O)N(Cc1ccc(OC)cc1)C(C)C(=O)NCCN1CCOCC1. The third-order valence-electron chi connectivity index (χ3n) is 4.81. The van der Waals surface area contributed by atoms with Crippen molar-refractivity contribution in [1.82, 2.24) is 15.1 Å². The predicted molar refractivity (Wildman–Crippen MR) is 104 cm³/mol. The Morgan fingerprint density at radius 3 is 2.52 bits per heavy atom. The first-order valence-corrected chi connectivity index (χ1v) is 9.55. The maximum atomic E-state index is 12.6. The van der Waals surface area contributed by atoms with Gasteiger partial charge < -0.3 is 19.7 Å². The van der Waals surface area contributed by atoms with Crippen LogP contribution in [0.15, 0.2) is 24.3 Å². The summed E-state index contributed by atoms with van der Waals surface area (Å²) in [7, 11) is 1.62. The van der Waals surface area contributed by atoms with Crippen LogP contribution < -0.4 is 10.1 Å². The highest BCUT2D eigenvalue weighted by Crippen LogP contribution is 2.15. The van der Waals surface area contributed by atoms with E-state index in [1.54, 1.807) is 18.9 Å². The van der Waals surface area contributed by atoms with Gasteiger partial charge in [-0.05, 0) is 24.6 Å². The van der Waals surface area contributed by atoms with Gasteiger partial charge in [-0.25, -0.2) is 0 Å². The number of hydrogen-bond acceptors (Lipinski definition) is 5. The summed E-state index contributed by atoms with van der Waals surface area (Å²) in [4.78, 5) is 28.9. The van der Waals surface area contributed by atoms with Crippen LogP contribution in [-0.2, 0) is 20.9 Å². The zero-order valence-corrected chi connectivity index (χ0v) is 16.6. The number of rotatable bonds is 9. The Balaban J connectivity index is 1.90. The van der Waals surface area contributed by atoms with Crippen molar-refractivity contribution >= 4 is 11.8 Å². The molecule has 0 aliphatic carbocycles. The molecule has 1 aliphatic heterocycles. The smallest absolute Gasteiger partial charge is 0.242 e. The van der Waals surface area contributed by atoms with Crippen molar-refractivity contribution in [1.29, 1.82) is 0 Å². The molecular formula is C20H31N3O4. The molecule has 2 amide bonds. The molecule has 1 aromatic carbocycles. The number of morpholine rings is 1. The minimum Gasteiger partial charge on any atom is -0.497 e. The van der Waals surface area contributed by atoms with E-state index in [9.17, 15) is 9.59 Å². The Labute approximate surface area is 161 Å². The minimum absolute atomic E-state index is 0.0401. The molecule has 1 heterocycles. The Hall–Kier alpha value is -2.12. The average molecular weight is 377 g/mol. The standard InChI is InChI=1S/C20H31N3O4/c1-4-19(24)23(15-17-5-7-18(26-3)8-6-17)16(2)20(25)21-9-10-22-11-13-27-14-12-22/h5-8,16H,4,9-15H2,1-3H3,(H,21,25). The van der Waals surface area contributed by atoms with Crippen LogP contribution in [0.5, 0.6) is 5.75 Å². The molecule has 27 heavy (non-hydrogen) atoms. The van der Waals surface area contributed by atoms with Gasteiger partial charge in [0.1, 0.15) is 11.8 Å². The largest absolute Gasteiger partial charge is 0.497 e. The Bertz CT molecular complexity index is 600. The maximum Gasteiger partial charge on any atom is 0.242 e. The number of methoxy groups -OCH3 is 1. The molecule has 1 aromatic rings. The Morgan fingerprint density at radius 1 is 1.26 bits per heavy atom. The van der Waals surface area contributed by atoms with Gasteiger partial charge in [-0.1, -0.05) is 19.1 Å². The van der Waals surface area contributed by atoms with Crippen molar-refractivity contribution in [2.24, 2.45) is 0 Å². The van der Waals surface area contributed by atoms with Gasteiger partial charge in [0.15, 0.2) is 0 Å². The minimum atomic E-state index is -0.524. The first-order valence-electron chi connectivity index (χ1n) is 9.55. The number of nitrogens with one attached hydrogen (secondary N) is 1. The van der Waals surface area contributed by atoms with Crippen LogP contribution in [-0.4, -0.2) is 74.2 Å². The molecule has 0 spiro atoms. The fourth-order valence-corrected chi connectivity index (χ4v) is 3.02. The molecule has 1 unspecified atom stereocenters. The van der Waals surface area contributed by atoms with Crippen LogP contribution in [0.25, 0.3) is 0 Å². The molecule has 7 nitrogen and oxygen atoms in total. The first-order chi connectivity index (χ1) is 13.0. The summed E-state index contributed by atoms with van der Waals surface area (Å²) in [6.07, 6.45) is 0.363. The molecular weight excluding hydrogens is 346 g/mol. The molecule has 0 aromatic heterocycles. The van der Waals surface area contributed by atoms with Gasteiger partial charge in [0.2, 0.25) is 11.8 Å². The van der Waals surface area contributed by atoms with Crippen LogP contribution >= 0.6 is 0 Å². The van der Waals surface area contributed by atoms with E-state index in [1.807, 2.05) is 31.2 Å². The third-order valence-corrected chi connectivity index (χ3v) is 4.81. The van der Waals surface area contributed by atoms with E-state index in [-0.39, 0.29) is 11.8 Å². The van der Waals surface area contributed by atoms with E-state index in [2.05, 4.69) is 10.2 Å². The molecule has 1 fully saturated rings. The molecule has 150 valence electrons. The van der Waals surface area contributed by atoms with Gasteiger partial charge in [-0.3, -0.25) is 14.5 Å². The zero-order valence-electron chi connectivity index (χ0n) is 16.6. The number of ether oxygens (including phenoxy) is 2. The second-order valence-corrected chi connectivity index (χ2v) is 6.64. The zero-order chi connectivity index (χ0) is 19.6. The number of carbonyl (C=O) groups excluding carboxylic acids is 2. The maximum absolute atomic E-state index is 12.6.